The lowest BCUT2D eigenvalue weighted by Gasteiger charge is -2.06. The molecular formula is C15H20N2O5S. The lowest BCUT2D eigenvalue weighted by Crippen LogP contribution is -2.21. The number of hydrazone groups is 1. The van der Waals surface area contributed by atoms with Gasteiger partial charge in [-0.2, -0.15) is 5.10 Å². The van der Waals surface area contributed by atoms with E-state index in [9.17, 15) is 18.3 Å². The molecule has 8 heteroatoms. The average Bonchev–Trinajstić information content (AvgIpc) is 2.81. The summed E-state index contributed by atoms with van der Waals surface area (Å²) < 4.78 is 27.9. The Balaban J connectivity index is 1.86. The Morgan fingerprint density at radius 2 is 2.30 bits per heavy atom. The number of nitrogens with one attached hydrogen (secondary N) is 1. The molecule has 7 nitrogen and oxygen atoms in total. The zero-order chi connectivity index (χ0) is 16.9. The fourth-order valence-corrected chi connectivity index (χ4v) is 4.26. The van der Waals surface area contributed by atoms with Gasteiger partial charge < -0.3 is 9.84 Å². The molecule has 1 amide bonds. The monoisotopic (exact) mass is 340 g/mol. The molecule has 1 fully saturated rings. The Labute approximate surface area is 135 Å². The molecule has 1 aliphatic rings. The van der Waals surface area contributed by atoms with Crippen molar-refractivity contribution >= 4 is 22.0 Å². The van der Waals surface area contributed by atoms with Crippen LogP contribution in [0.1, 0.15) is 25.3 Å². The number of carbonyl (C=O) groups excluding carboxylic acids is 1. The zero-order valence-corrected chi connectivity index (χ0v) is 13.7. The number of phenolic OH excluding ortho intramolecular Hbond substituents is 1. The zero-order valence-electron chi connectivity index (χ0n) is 12.9. The second-order valence-corrected chi connectivity index (χ2v) is 7.66. The van der Waals surface area contributed by atoms with Crippen molar-refractivity contribution in [1.82, 2.24) is 5.43 Å². The molecule has 0 radical (unpaired) electrons. The minimum Gasteiger partial charge on any atom is -0.504 e. The predicted octanol–water partition coefficient (Wildman–Crippen LogP) is 1.07. The number of hydrogen-bond acceptors (Lipinski definition) is 6. The molecule has 0 aliphatic carbocycles. The van der Waals surface area contributed by atoms with Crippen molar-refractivity contribution in [1.29, 1.82) is 0 Å². The van der Waals surface area contributed by atoms with E-state index in [-0.39, 0.29) is 35.5 Å². The van der Waals surface area contributed by atoms with Crippen LogP contribution in [-0.2, 0) is 14.6 Å². The quantitative estimate of drug-likeness (QED) is 0.595. The Morgan fingerprint density at radius 3 is 2.96 bits per heavy atom. The molecular weight excluding hydrogens is 320 g/mol. The van der Waals surface area contributed by atoms with E-state index in [4.69, 9.17) is 4.74 Å². The third-order valence-corrected chi connectivity index (χ3v) is 5.32. The summed E-state index contributed by atoms with van der Waals surface area (Å²) in [5.74, 6) is 0.164. The molecule has 1 atom stereocenters. The van der Waals surface area contributed by atoms with Crippen LogP contribution >= 0.6 is 0 Å². The van der Waals surface area contributed by atoms with E-state index in [0.717, 1.165) is 0 Å². The number of amides is 1. The number of aromatic hydroxyl groups is 1. The van der Waals surface area contributed by atoms with E-state index < -0.39 is 9.84 Å². The number of hydrogen-bond donors (Lipinski definition) is 2. The number of nitrogens with zero attached hydrogens (tertiary/aromatic N) is 1. The highest BCUT2D eigenvalue weighted by Crippen LogP contribution is 2.26. The first kappa shape index (κ1) is 17.3. The van der Waals surface area contributed by atoms with Crippen molar-refractivity contribution in [2.45, 2.75) is 19.8 Å². The van der Waals surface area contributed by atoms with Crippen LogP contribution in [0.3, 0.4) is 0 Å². The largest absolute Gasteiger partial charge is 0.504 e. The molecule has 126 valence electrons. The van der Waals surface area contributed by atoms with Gasteiger partial charge in [-0.25, -0.2) is 13.8 Å². The lowest BCUT2D eigenvalue weighted by atomic mass is 10.1. The van der Waals surface area contributed by atoms with Gasteiger partial charge in [-0.3, -0.25) is 4.79 Å². The maximum absolute atomic E-state index is 11.7. The van der Waals surface area contributed by atoms with Crippen LogP contribution in [-0.4, -0.2) is 43.8 Å². The summed E-state index contributed by atoms with van der Waals surface area (Å²) in [6.07, 6.45) is 2.11. The Kier molecular flexibility index (Phi) is 5.59. The molecule has 0 spiro atoms. The van der Waals surface area contributed by atoms with E-state index in [2.05, 4.69) is 10.5 Å². The van der Waals surface area contributed by atoms with Crippen molar-refractivity contribution in [3.05, 3.63) is 23.8 Å². The number of benzene rings is 1. The highest BCUT2D eigenvalue weighted by atomic mass is 32.2. The first-order valence-electron chi connectivity index (χ1n) is 7.38. The first-order valence-corrected chi connectivity index (χ1v) is 9.20. The van der Waals surface area contributed by atoms with Gasteiger partial charge in [0.15, 0.2) is 21.3 Å². The topological polar surface area (TPSA) is 105 Å². The van der Waals surface area contributed by atoms with E-state index in [1.54, 1.807) is 12.1 Å². The van der Waals surface area contributed by atoms with Gasteiger partial charge in [0.2, 0.25) is 5.91 Å². The van der Waals surface area contributed by atoms with Crippen LogP contribution in [0.15, 0.2) is 23.3 Å². The molecule has 23 heavy (non-hydrogen) atoms. The van der Waals surface area contributed by atoms with Gasteiger partial charge in [0.1, 0.15) is 0 Å². The van der Waals surface area contributed by atoms with E-state index in [1.165, 1.54) is 12.3 Å². The maximum atomic E-state index is 11.7. The van der Waals surface area contributed by atoms with Crippen molar-refractivity contribution in [2.24, 2.45) is 11.0 Å². The second kappa shape index (κ2) is 7.45. The summed E-state index contributed by atoms with van der Waals surface area (Å²) in [6, 6.07) is 4.73. The summed E-state index contributed by atoms with van der Waals surface area (Å²) in [4.78, 5) is 11.7. The molecule has 1 heterocycles. The number of phenols is 1. The van der Waals surface area contributed by atoms with Gasteiger partial charge in [-0.1, -0.05) is 0 Å². The summed E-state index contributed by atoms with van der Waals surface area (Å²) in [6.45, 7) is 2.23. The van der Waals surface area contributed by atoms with E-state index in [0.29, 0.717) is 24.3 Å². The highest BCUT2D eigenvalue weighted by molar-refractivity contribution is 7.91. The summed E-state index contributed by atoms with van der Waals surface area (Å²) in [7, 11) is -2.97. The fraction of sp³-hybridized carbons (Fsp3) is 0.467. The van der Waals surface area contributed by atoms with Gasteiger partial charge in [0.25, 0.3) is 0 Å². The molecule has 1 aliphatic heterocycles. The lowest BCUT2D eigenvalue weighted by molar-refractivity contribution is -0.121. The SMILES string of the molecule is CCOc1cc(/C=N/NC(=O)C[C@H]2CCS(=O)(=O)C2)ccc1O. The predicted molar refractivity (Wildman–Crippen MR) is 86.4 cm³/mol. The van der Waals surface area contributed by atoms with Crippen molar-refractivity contribution in [3.63, 3.8) is 0 Å². The second-order valence-electron chi connectivity index (χ2n) is 5.43. The van der Waals surface area contributed by atoms with Gasteiger partial charge >= 0.3 is 0 Å². The Hall–Kier alpha value is -2.09. The molecule has 1 aromatic carbocycles. The Bertz CT molecular complexity index is 700. The molecule has 0 saturated carbocycles. The molecule has 0 unspecified atom stereocenters. The van der Waals surface area contributed by atoms with Gasteiger partial charge in [-0.05, 0) is 43.0 Å². The third-order valence-electron chi connectivity index (χ3n) is 3.49. The minimum atomic E-state index is -2.97. The number of ether oxygens (including phenoxy) is 1. The molecule has 2 N–H and O–H groups in total. The summed E-state index contributed by atoms with van der Waals surface area (Å²) in [5, 5.41) is 13.4. The normalized spacial score (nSPS) is 19.8. The average molecular weight is 340 g/mol. The maximum Gasteiger partial charge on any atom is 0.240 e. The first-order chi connectivity index (χ1) is 10.9. The number of carbonyl (C=O) groups is 1. The highest BCUT2D eigenvalue weighted by Gasteiger charge is 2.29. The van der Waals surface area contributed by atoms with Gasteiger partial charge in [0.05, 0.1) is 24.3 Å². The van der Waals surface area contributed by atoms with Crippen LogP contribution < -0.4 is 10.2 Å². The van der Waals surface area contributed by atoms with E-state index in [1.807, 2.05) is 6.92 Å². The molecule has 0 aromatic heterocycles. The van der Waals surface area contributed by atoms with Crippen molar-refractivity contribution < 1.29 is 23.1 Å². The van der Waals surface area contributed by atoms with Crippen LogP contribution in [0.5, 0.6) is 11.5 Å². The third kappa shape index (κ3) is 5.24. The Morgan fingerprint density at radius 1 is 1.52 bits per heavy atom. The van der Waals surface area contributed by atoms with Crippen LogP contribution in [0.4, 0.5) is 0 Å². The van der Waals surface area contributed by atoms with Crippen LogP contribution in [0, 0.1) is 5.92 Å². The van der Waals surface area contributed by atoms with Crippen LogP contribution in [0.25, 0.3) is 0 Å². The molecule has 0 bridgehead atoms. The molecule has 2 rings (SSSR count). The van der Waals surface area contributed by atoms with Gasteiger partial charge in [-0.15, -0.1) is 0 Å². The van der Waals surface area contributed by atoms with Crippen molar-refractivity contribution in [2.75, 3.05) is 18.1 Å². The molecule has 1 saturated heterocycles. The molecule has 1 aromatic rings. The minimum absolute atomic E-state index is 0.0375. The summed E-state index contributed by atoms with van der Waals surface area (Å²) in [5.41, 5.74) is 3.05. The van der Waals surface area contributed by atoms with Crippen molar-refractivity contribution in [3.8, 4) is 11.5 Å². The number of rotatable bonds is 6. The fourth-order valence-electron chi connectivity index (χ4n) is 2.40. The van der Waals surface area contributed by atoms with Crippen LogP contribution in [0.2, 0.25) is 0 Å². The smallest absolute Gasteiger partial charge is 0.240 e. The van der Waals surface area contributed by atoms with Gasteiger partial charge in [0, 0.05) is 6.42 Å². The standard InChI is InChI=1S/C15H20N2O5S/c1-2-22-14-7-11(3-4-13(14)18)9-16-17-15(19)8-12-5-6-23(20,21)10-12/h3-4,7,9,12,18H,2,5-6,8,10H2,1H3,(H,17,19)/b16-9+/t12-/m1/s1. The van der Waals surface area contributed by atoms with E-state index >= 15 is 0 Å². The summed E-state index contributed by atoms with van der Waals surface area (Å²) >= 11 is 0. The number of sulfone groups is 1.